The van der Waals surface area contributed by atoms with Crippen LogP contribution < -0.4 is 5.32 Å². The van der Waals surface area contributed by atoms with E-state index in [0.29, 0.717) is 21.7 Å². The van der Waals surface area contributed by atoms with Gasteiger partial charge in [0.1, 0.15) is 5.82 Å². The molecule has 1 unspecified atom stereocenters. The lowest BCUT2D eigenvalue weighted by Gasteiger charge is -2.07. The predicted molar refractivity (Wildman–Crippen MR) is 113 cm³/mol. The molecule has 4 rings (SSSR count). The van der Waals surface area contributed by atoms with E-state index in [9.17, 15) is 9.18 Å². The molecule has 29 heavy (non-hydrogen) atoms. The summed E-state index contributed by atoms with van der Waals surface area (Å²) in [7, 11) is 0. The molecule has 0 aliphatic rings. The van der Waals surface area contributed by atoms with Crippen LogP contribution in [0.2, 0.25) is 0 Å². The lowest BCUT2D eigenvalue weighted by Crippen LogP contribution is -2.22. The Morgan fingerprint density at radius 3 is 2.69 bits per heavy atom. The smallest absolute Gasteiger partial charge is 0.239 e. The average molecular weight is 426 g/mol. The van der Waals surface area contributed by atoms with Crippen molar-refractivity contribution in [1.82, 2.24) is 20.2 Å². The largest absolute Gasteiger partial charge is 0.301 e. The lowest BCUT2D eigenvalue weighted by atomic mass is 10.2. The zero-order valence-corrected chi connectivity index (χ0v) is 16.9. The topological polar surface area (TPSA) is 83.6 Å². The van der Waals surface area contributed by atoms with Gasteiger partial charge in [0.05, 0.1) is 16.5 Å². The van der Waals surface area contributed by atoms with E-state index < -0.39 is 5.25 Å². The molecule has 0 bridgehead atoms. The quantitative estimate of drug-likeness (QED) is 0.431. The number of aromatic nitrogens is 4. The Balaban J connectivity index is 1.39. The first-order chi connectivity index (χ1) is 14.1. The van der Waals surface area contributed by atoms with Gasteiger partial charge in [-0.15, -0.1) is 16.4 Å². The highest BCUT2D eigenvalue weighted by atomic mass is 32.2. The van der Waals surface area contributed by atoms with E-state index in [-0.39, 0.29) is 11.7 Å². The second-order valence-electron chi connectivity index (χ2n) is 6.10. The van der Waals surface area contributed by atoms with Gasteiger partial charge in [0.2, 0.25) is 11.1 Å². The van der Waals surface area contributed by atoms with Crippen molar-refractivity contribution in [2.24, 2.45) is 0 Å². The minimum Gasteiger partial charge on any atom is -0.301 e. The Labute approximate surface area is 174 Å². The number of halogens is 1. The second-order valence-corrected chi connectivity index (χ2v) is 8.27. The number of nitrogens with zero attached hydrogens (tertiary/aromatic N) is 3. The lowest BCUT2D eigenvalue weighted by molar-refractivity contribution is -0.115. The van der Waals surface area contributed by atoms with E-state index in [2.05, 4.69) is 25.5 Å². The highest BCUT2D eigenvalue weighted by Crippen LogP contribution is 2.27. The fourth-order valence-corrected chi connectivity index (χ4v) is 4.01. The molecule has 4 aromatic rings. The van der Waals surface area contributed by atoms with Crippen molar-refractivity contribution in [2.75, 3.05) is 5.32 Å². The molecule has 0 aliphatic carbocycles. The van der Waals surface area contributed by atoms with Crippen molar-refractivity contribution in [3.63, 3.8) is 0 Å². The molecule has 0 fully saturated rings. The third-order valence-electron chi connectivity index (χ3n) is 4.05. The van der Waals surface area contributed by atoms with Crippen molar-refractivity contribution in [2.45, 2.75) is 17.3 Å². The molecule has 0 saturated carbocycles. The molecule has 2 aromatic carbocycles. The summed E-state index contributed by atoms with van der Waals surface area (Å²) >= 11 is 2.55. The summed E-state index contributed by atoms with van der Waals surface area (Å²) < 4.78 is 13.9. The number of aromatic amines is 1. The summed E-state index contributed by atoms with van der Waals surface area (Å²) in [6.07, 6.45) is 0. The number of benzene rings is 2. The predicted octanol–water partition coefficient (Wildman–Crippen LogP) is 4.85. The summed E-state index contributed by atoms with van der Waals surface area (Å²) in [5.41, 5.74) is 2.14. The van der Waals surface area contributed by atoms with Crippen LogP contribution in [0.15, 0.2) is 65.1 Å². The molecule has 9 heteroatoms. The molecule has 0 saturated heterocycles. The van der Waals surface area contributed by atoms with Crippen molar-refractivity contribution in [3.05, 3.63) is 65.8 Å². The number of thiazole rings is 1. The molecular formula is C20H16FN5OS2. The molecule has 0 radical (unpaired) electrons. The molecule has 146 valence electrons. The van der Waals surface area contributed by atoms with Crippen LogP contribution in [0.1, 0.15) is 6.92 Å². The fourth-order valence-electron chi connectivity index (χ4n) is 2.56. The number of anilines is 1. The zero-order chi connectivity index (χ0) is 20.2. The highest BCUT2D eigenvalue weighted by Gasteiger charge is 2.19. The van der Waals surface area contributed by atoms with E-state index in [1.807, 2.05) is 35.7 Å². The monoisotopic (exact) mass is 425 g/mol. The summed E-state index contributed by atoms with van der Waals surface area (Å²) in [5, 5.41) is 12.0. The molecule has 6 nitrogen and oxygen atoms in total. The Kier molecular flexibility index (Phi) is 5.68. The number of amides is 1. The molecule has 1 amide bonds. The molecule has 1 atom stereocenters. The number of nitrogens with one attached hydrogen (secondary N) is 2. The number of carbonyl (C=O) groups excluding carboxylic acids is 1. The maximum atomic E-state index is 13.9. The van der Waals surface area contributed by atoms with Gasteiger partial charge in [-0.3, -0.25) is 9.89 Å². The van der Waals surface area contributed by atoms with Crippen LogP contribution >= 0.6 is 23.1 Å². The van der Waals surface area contributed by atoms with Gasteiger partial charge in [-0.05, 0) is 19.1 Å². The van der Waals surface area contributed by atoms with Gasteiger partial charge in [-0.2, -0.15) is 0 Å². The number of hydrogen-bond acceptors (Lipinski definition) is 6. The molecule has 0 aliphatic heterocycles. The number of carbonyl (C=O) groups is 1. The van der Waals surface area contributed by atoms with E-state index in [1.54, 1.807) is 25.1 Å². The standard InChI is InChI=1S/C20H16FN5OS2/c1-12(29-20-23-17(25-26-20)14-9-5-6-10-15(14)21)18(27)24-19-22-16(11-28-19)13-7-3-2-4-8-13/h2-12H,1H3,(H,22,24,27)(H,23,25,26). The average Bonchev–Trinajstić information content (AvgIpc) is 3.39. The first kappa shape index (κ1) is 19.3. The van der Waals surface area contributed by atoms with Gasteiger partial charge in [0, 0.05) is 10.9 Å². The molecule has 2 heterocycles. The van der Waals surface area contributed by atoms with Crippen LogP contribution in [-0.2, 0) is 4.79 Å². The van der Waals surface area contributed by atoms with Gasteiger partial charge in [0.15, 0.2) is 11.0 Å². The molecule has 2 N–H and O–H groups in total. The summed E-state index contributed by atoms with van der Waals surface area (Å²) in [5.74, 6) is -0.268. The van der Waals surface area contributed by atoms with Crippen LogP contribution in [0.25, 0.3) is 22.6 Å². The number of rotatable bonds is 6. The van der Waals surface area contributed by atoms with Crippen LogP contribution in [0.4, 0.5) is 9.52 Å². The minimum absolute atomic E-state index is 0.207. The van der Waals surface area contributed by atoms with E-state index in [1.165, 1.54) is 29.2 Å². The molecular weight excluding hydrogens is 409 g/mol. The third-order valence-corrected chi connectivity index (χ3v) is 5.77. The summed E-state index contributed by atoms with van der Waals surface area (Å²) in [6, 6.07) is 16.1. The van der Waals surface area contributed by atoms with E-state index in [0.717, 1.165) is 11.3 Å². The highest BCUT2D eigenvalue weighted by molar-refractivity contribution is 8.00. The Morgan fingerprint density at radius 2 is 1.90 bits per heavy atom. The fraction of sp³-hybridized carbons (Fsp3) is 0.100. The number of H-pyrrole nitrogens is 1. The Bertz CT molecular complexity index is 1130. The first-order valence-electron chi connectivity index (χ1n) is 8.76. The van der Waals surface area contributed by atoms with Crippen LogP contribution in [-0.4, -0.2) is 31.3 Å². The maximum absolute atomic E-state index is 13.9. The summed E-state index contributed by atoms with van der Waals surface area (Å²) in [6.45, 7) is 1.75. The number of thioether (sulfide) groups is 1. The molecule has 2 aromatic heterocycles. The third kappa shape index (κ3) is 4.52. The van der Waals surface area contributed by atoms with Crippen molar-refractivity contribution < 1.29 is 9.18 Å². The van der Waals surface area contributed by atoms with Crippen LogP contribution in [0.5, 0.6) is 0 Å². The number of hydrogen-bond donors (Lipinski definition) is 2. The van der Waals surface area contributed by atoms with Gasteiger partial charge < -0.3 is 5.32 Å². The second kappa shape index (κ2) is 8.54. The normalized spacial score (nSPS) is 11.9. The van der Waals surface area contributed by atoms with Crippen molar-refractivity contribution in [3.8, 4) is 22.6 Å². The van der Waals surface area contributed by atoms with E-state index >= 15 is 0 Å². The van der Waals surface area contributed by atoms with Gasteiger partial charge in [-0.1, -0.05) is 54.2 Å². The van der Waals surface area contributed by atoms with Gasteiger partial charge in [-0.25, -0.2) is 14.4 Å². The van der Waals surface area contributed by atoms with Gasteiger partial charge >= 0.3 is 0 Å². The first-order valence-corrected chi connectivity index (χ1v) is 10.5. The Hall–Kier alpha value is -3.04. The van der Waals surface area contributed by atoms with Crippen molar-refractivity contribution >= 4 is 34.1 Å². The molecule has 0 spiro atoms. The SMILES string of the molecule is CC(Sc1n[nH]c(-c2ccccc2F)n1)C(=O)Nc1nc(-c2ccccc2)cs1. The minimum atomic E-state index is -0.455. The van der Waals surface area contributed by atoms with Gasteiger partial charge in [0.25, 0.3) is 0 Å². The maximum Gasteiger partial charge on any atom is 0.239 e. The summed E-state index contributed by atoms with van der Waals surface area (Å²) in [4.78, 5) is 21.2. The zero-order valence-electron chi connectivity index (χ0n) is 15.3. The van der Waals surface area contributed by atoms with Crippen molar-refractivity contribution in [1.29, 1.82) is 0 Å². The van der Waals surface area contributed by atoms with E-state index in [4.69, 9.17) is 0 Å². The van der Waals surface area contributed by atoms with Crippen LogP contribution in [0.3, 0.4) is 0 Å². The Morgan fingerprint density at radius 1 is 1.14 bits per heavy atom. The van der Waals surface area contributed by atoms with Crippen LogP contribution in [0, 0.1) is 5.82 Å².